The average Bonchev–Trinajstić information content (AvgIpc) is 3.30. The van der Waals surface area contributed by atoms with Crippen LogP contribution in [0.4, 0.5) is 5.69 Å². The standard InChI is InChI=1S/C25H30ClN5O5S/c1-15-9-16(24(32)29-25(27)28)11-21-22(15)36-23-17(14-37(21,33)34)10-18(12-20(23)26)31-6-4-30(5-7-31)13-19-3-2-8-35-19/h9-12,19H,2-8,13-14H2,1H3,(H4,27,28,29,32). The Morgan fingerprint density at radius 3 is 2.57 bits per heavy atom. The number of hydrogen-bond acceptors (Lipinski definition) is 7. The topological polar surface area (TPSA) is 141 Å². The Morgan fingerprint density at radius 2 is 1.89 bits per heavy atom. The molecule has 1 unspecified atom stereocenters. The minimum absolute atomic E-state index is 0.0513. The van der Waals surface area contributed by atoms with Gasteiger partial charge in [0.05, 0.1) is 16.9 Å². The molecular weight excluding hydrogens is 518 g/mol. The van der Waals surface area contributed by atoms with Gasteiger partial charge in [0, 0.05) is 56.1 Å². The number of sulfone groups is 1. The largest absolute Gasteiger partial charge is 0.454 e. The molecule has 0 saturated carbocycles. The number of fused-ring (bicyclic) bond motifs is 2. The maximum absolute atomic E-state index is 13.5. The van der Waals surface area contributed by atoms with Gasteiger partial charge < -0.3 is 25.8 Å². The van der Waals surface area contributed by atoms with Crippen LogP contribution in [0.3, 0.4) is 0 Å². The third kappa shape index (κ3) is 5.40. The van der Waals surface area contributed by atoms with Crippen LogP contribution < -0.4 is 21.1 Å². The Kier molecular flexibility index (Phi) is 7.06. The fourth-order valence-electron chi connectivity index (χ4n) is 5.10. The van der Waals surface area contributed by atoms with Crippen molar-refractivity contribution in [2.75, 3.05) is 44.2 Å². The summed E-state index contributed by atoms with van der Waals surface area (Å²) in [5.41, 5.74) is 12.5. The van der Waals surface area contributed by atoms with Gasteiger partial charge in [0.1, 0.15) is 16.4 Å². The molecule has 4 N–H and O–H groups in total. The zero-order valence-corrected chi connectivity index (χ0v) is 22.1. The van der Waals surface area contributed by atoms with E-state index in [2.05, 4.69) is 14.8 Å². The molecule has 3 aliphatic rings. The van der Waals surface area contributed by atoms with E-state index in [1.165, 1.54) is 12.1 Å². The van der Waals surface area contributed by atoms with Crippen LogP contribution in [0.1, 0.15) is 34.3 Å². The maximum Gasteiger partial charge on any atom is 0.280 e. The number of amides is 1. The lowest BCUT2D eigenvalue weighted by Gasteiger charge is -2.37. The Balaban J connectivity index is 1.41. The van der Waals surface area contributed by atoms with E-state index < -0.39 is 21.7 Å². The zero-order chi connectivity index (χ0) is 26.3. The number of aryl methyl sites for hydroxylation is 1. The summed E-state index contributed by atoms with van der Waals surface area (Å²) in [4.78, 5) is 20.4. The maximum atomic E-state index is 13.5. The first-order chi connectivity index (χ1) is 17.6. The Morgan fingerprint density at radius 1 is 1.14 bits per heavy atom. The molecule has 1 amide bonds. The smallest absolute Gasteiger partial charge is 0.280 e. The molecule has 0 aliphatic carbocycles. The summed E-state index contributed by atoms with van der Waals surface area (Å²) < 4.78 is 38.8. The number of ether oxygens (including phenoxy) is 2. The highest BCUT2D eigenvalue weighted by Crippen LogP contribution is 2.45. The van der Waals surface area contributed by atoms with Crippen molar-refractivity contribution in [2.45, 2.75) is 36.5 Å². The van der Waals surface area contributed by atoms with Crippen LogP contribution in [0.25, 0.3) is 0 Å². The van der Waals surface area contributed by atoms with E-state index in [1.807, 2.05) is 12.1 Å². The van der Waals surface area contributed by atoms with Gasteiger partial charge in [-0.2, -0.15) is 4.99 Å². The second-order valence-electron chi connectivity index (χ2n) is 9.66. The Bertz CT molecular complexity index is 1360. The summed E-state index contributed by atoms with van der Waals surface area (Å²) >= 11 is 6.66. The quantitative estimate of drug-likeness (QED) is 0.436. The SMILES string of the molecule is Cc1cc(C(=O)N=C(N)N)cc2c1Oc1c(Cl)cc(N3CCN(CC4CCCO4)CC3)cc1CS2(=O)=O. The molecule has 198 valence electrons. The number of anilines is 1. The van der Waals surface area contributed by atoms with E-state index >= 15 is 0 Å². The summed E-state index contributed by atoms with van der Waals surface area (Å²) in [6.45, 7) is 6.82. The first kappa shape index (κ1) is 25.8. The van der Waals surface area contributed by atoms with Crippen molar-refractivity contribution in [1.82, 2.24) is 4.90 Å². The van der Waals surface area contributed by atoms with Gasteiger partial charge in [0.25, 0.3) is 5.91 Å². The molecule has 10 nitrogen and oxygen atoms in total. The predicted octanol–water partition coefficient (Wildman–Crippen LogP) is 2.44. The van der Waals surface area contributed by atoms with E-state index in [-0.39, 0.29) is 22.0 Å². The van der Waals surface area contributed by atoms with Gasteiger partial charge in [-0.25, -0.2) is 8.42 Å². The number of hydrogen-bond donors (Lipinski definition) is 2. The van der Waals surface area contributed by atoms with Crippen molar-refractivity contribution >= 4 is 39.0 Å². The molecular formula is C25H30ClN5O5S. The van der Waals surface area contributed by atoms with Crippen LogP contribution in [0.2, 0.25) is 5.02 Å². The van der Waals surface area contributed by atoms with E-state index in [1.54, 1.807) is 6.92 Å². The number of nitrogens with zero attached hydrogens (tertiary/aromatic N) is 3. The number of halogens is 1. The summed E-state index contributed by atoms with van der Waals surface area (Å²) in [6, 6.07) is 6.40. The molecule has 2 aromatic carbocycles. The molecule has 0 aromatic heterocycles. The number of nitrogens with two attached hydrogens (primary N) is 2. The van der Waals surface area contributed by atoms with Crippen LogP contribution in [0, 0.1) is 6.92 Å². The monoisotopic (exact) mass is 547 g/mol. The number of aliphatic imine (C=N–C) groups is 1. The highest BCUT2D eigenvalue weighted by Gasteiger charge is 2.32. The van der Waals surface area contributed by atoms with Crippen LogP contribution in [-0.2, 0) is 20.3 Å². The van der Waals surface area contributed by atoms with Crippen LogP contribution in [-0.4, -0.2) is 70.6 Å². The lowest BCUT2D eigenvalue weighted by Crippen LogP contribution is -2.48. The minimum Gasteiger partial charge on any atom is -0.454 e. The second-order valence-corrected chi connectivity index (χ2v) is 12.0. The molecule has 37 heavy (non-hydrogen) atoms. The van der Waals surface area contributed by atoms with Crippen LogP contribution in [0.5, 0.6) is 11.5 Å². The highest BCUT2D eigenvalue weighted by atomic mass is 35.5. The van der Waals surface area contributed by atoms with Gasteiger partial charge in [-0.15, -0.1) is 0 Å². The summed E-state index contributed by atoms with van der Waals surface area (Å²) in [7, 11) is -3.87. The third-order valence-electron chi connectivity index (χ3n) is 6.93. The Hall–Kier alpha value is -2.86. The van der Waals surface area contributed by atoms with Gasteiger partial charge in [-0.1, -0.05) is 11.6 Å². The minimum atomic E-state index is -3.87. The lowest BCUT2D eigenvalue weighted by molar-refractivity contribution is 0.0713. The number of piperazine rings is 1. The molecule has 2 aromatic rings. The van der Waals surface area contributed by atoms with E-state index in [0.29, 0.717) is 28.0 Å². The third-order valence-corrected chi connectivity index (χ3v) is 8.88. The van der Waals surface area contributed by atoms with Gasteiger partial charge in [0.2, 0.25) is 0 Å². The van der Waals surface area contributed by atoms with Crippen molar-refractivity contribution in [1.29, 1.82) is 0 Å². The molecule has 3 aliphatic heterocycles. The summed E-state index contributed by atoms with van der Waals surface area (Å²) in [5, 5.41) is 0.331. The van der Waals surface area contributed by atoms with E-state index in [9.17, 15) is 13.2 Å². The first-order valence-corrected chi connectivity index (χ1v) is 14.2. The predicted molar refractivity (Wildman–Crippen MR) is 141 cm³/mol. The van der Waals surface area contributed by atoms with Gasteiger partial charge in [0.15, 0.2) is 15.8 Å². The van der Waals surface area contributed by atoms with Crippen molar-refractivity contribution in [2.24, 2.45) is 16.5 Å². The van der Waals surface area contributed by atoms with Gasteiger partial charge >= 0.3 is 0 Å². The number of guanidine groups is 1. The fraction of sp³-hybridized carbons (Fsp3) is 0.440. The van der Waals surface area contributed by atoms with Gasteiger partial charge in [-0.3, -0.25) is 9.69 Å². The van der Waals surface area contributed by atoms with E-state index in [0.717, 1.165) is 57.9 Å². The van der Waals surface area contributed by atoms with Gasteiger partial charge in [-0.05, 0) is 49.6 Å². The van der Waals surface area contributed by atoms with Crippen LogP contribution in [0.15, 0.2) is 34.2 Å². The molecule has 0 spiro atoms. The fourth-order valence-corrected chi connectivity index (χ4v) is 6.94. The second kappa shape index (κ2) is 10.1. The lowest BCUT2D eigenvalue weighted by atomic mass is 10.1. The molecule has 2 saturated heterocycles. The van der Waals surface area contributed by atoms with Crippen molar-refractivity contribution < 1.29 is 22.7 Å². The summed E-state index contributed by atoms with van der Waals surface area (Å²) in [5.74, 6) is -1.02. The van der Waals surface area contributed by atoms with E-state index in [4.69, 9.17) is 32.5 Å². The van der Waals surface area contributed by atoms with Crippen molar-refractivity contribution in [3.63, 3.8) is 0 Å². The van der Waals surface area contributed by atoms with Crippen LogP contribution >= 0.6 is 11.6 Å². The highest BCUT2D eigenvalue weighted by molar-refractivity contribution is 7.90. The Labute approximate surface area is 221 Å². The number of carbonyl (C=O) groups excluding carboxylic acids is 1. The normalized spacial score (nSPS) is 20.9. The number of rotatable bonds is 4. The molecule has 12 heteroatoms. The number of carbonyl (C=O) groups is 1. The number of benzene rings is 2. The average molecular weight is 548 g/mol. The van der Waals surface area contributed by atoms with Crippen molar-refractivity contribution in [3.05, 3.63) is 46.0 Å². The summed E-state index contributed by atoms with van der Waals surface area (Å²) in [6.07, 6.45) is 2.55. The molecule has 2 fully saturated rings. The molecule has 3 heterocycles. The molecule has 1 atom stereocenters. The first-order valence-electron chi connectivity index (χ1n) is 12.2. The molecule has 0 radical (unpaired) electrons. The molecule has 5 rings (SSSR count). The van der Waals surface area contributed by atoms with Crippen molar-refractivity contribution in [3.8, 4) is 11.5 Å². The zero-order valence-electron chi connectivity index (χ0n) is 20.6. The molecule has 0 bridgehead atoms.